The van der Waals surface area contributed by atoms with Crippen molar-refractivity contribution < 1.29 is 4.74 Å². The van der Waals surface area contributed by atoms with Crippen LogP contribution in [0.5, 0.6) is 0 Å². The van der Waals surface area contributed by atoms with E-state index in [2.05, 4.69) is 68.7 Å². The molecule has 1 aliphatic heterocycles. The van der Waals surface area contributed by atoms with Crippen LogP contribution in [0.1, 0.15) is 11.6 Å². The lowest BCUT2D eigenvalue weighted by Gasteiger charge is -2.37. The molecule has 2 aromatic carbocycles. The number of aromatic nitrogens is 2. The van der Waals surface area contributed by atoms with Gasteiger partial charge in [-0.15, -0.1) is 11.3 Å². The Morgan fingerprint density at radius 2 is 1.90 bits per heavy atom. The Kier molecular flexibility index (Phi) is 4.87. The molecule has 5 nitrogen and oxygen atoms in total. The zero-order chi connectivity index (χ0) is 19.6. The lowest BCUT2D eigenvalue weighted by atomic mass is 10.1. The molecule has 1 fully saturated rings. The molecule has 0 spiro atoms. The molecule has 0 aliphatic carbocycles. The molecule has 3 heterocycles. The van der Waals surface area contributed by atoms with Crippen LogP contribution in [-0.4, -0.2) is 36.8 Å². The largest absolute Gasteiger partial charge is 0.377 e. The molecule has 0 radical (unpaired) electrons. The van der Waals surface area contributed by atoms with Crippen molar-refractivity contribution in [3.8, 4) is 0 Å². The molecule has 1 atom stereocenters. The molecule has 29 heavy (non-hydrogen) atoms. The van der Waals surface area contributed by atoms with Gasteiger partial charge in [-0.2, -0.15) is 4.98 Å². The Labute approximate surface area is 174 Å². The summed E-state index contributed by atoms with van der Waals surface area (Å²) in [6.07, 6.45) is 1.85. The van der Waals surface area contributed by atoms with Crippen molar-refractivity contribution >= 4 is 38.9 Å². The van der Waals surface area contributed by atoms with E-state index in [9.17, 15) is 0 Å². The Bertz CT molecular complexity index is 1110. The van der Waals surface area contributed by atoms with E-state index in [1.807, 2.05) is 25.4 Å². The highest BCUT2D eigenvalue weighted by Gasteiger charge is 2.26. The van der Waals surface area contributed by atoms with Crippen LogP contribution in [0.3, 0.4) is 0 Å². The molecule has 2 aromatic heterocycles. The van der Waals surface area contributed by atoms with E-state index < -0.39 is 0 Å². The number of hydrogen-bond donors (Lipinski definition) is 0. The molecule has 4 aromatic rings. The van der Waals surface area contributed by atoms with Gasteiger partial charge in [0.2, 0.25) is 5.95 Å². The van der Waals surface area contributed by atoms with Gasteiger partial charge >= 0.3 is 0 Å². The van der Waals surface area contributed by atoms with Gasteiger partial charge < -0.3 is 14.5 Å². The van der Waals surface area contributed by atoms with Gasteiger partial charge in [-0.05, 0) is 17.7 Å². The lowest BCUT2D eigenvalue weighted by Crippen LogP contribution is -2.40. The fourth-order valence-electron chi connectivity index (χ4n) is 3.82. The molecule has 146 valence electrons. The molecule has 0 bridgehead atoms. The van der Waals surface area contributed by atoms with Gasteiger partial charge in [0.1, 0.15) is 5.82 Å². The number of hydrogen-bond acceptors (Lipinski definition) is 6. The predicted octanol–water partition coefficient (Wildman–Crippen LogP) is 5.04. The summed E-state index contributed by atoms with van der Waals surface area (Å²) in [5.74, 6) is 1.63. The summed E-state index contributed by atoms with van der Waals surface area (Å²) in [5, 5.41) is 3.39. The van der Waals surface area contributed by atoms with Crippen LogP contribution < -0.4 is 9.80 Å². The van der Waals surface area contributed by atoms with Gasteiger partial charge in [0.15, 0.2) is 0 Å². The molecular formula is C23H22N4OS. The van der Waals surface area contributed by atoms with Crippen LogP contribution in [-0.2, 0) is 4.74 Å². The SMILES string of the molecule is CN(c1nccc(N2CCOC[C@@H]2c2ccccc2)n1)c1csc2ccccc12. The first-order valence-electron chi connectivity index (χ1n) is 9.73. The second kappa shape index (κ2) is 7.81. The average Bonchev–Trinajstić information content (AvgIpc) is 3.23. The molecule has 0 unspecified atom stereocenters. The minimum Gasteiger partial charge on any atom is -0.377 e. The number of benzene rings is 2. The Morgan fingerprint density at radius 3 is 2.79 bits per heavy atom. The maximum atomic E-state index is 5.78. The molecule has 0 amide bonds. The first kappa shape index (κ1) is 18.1. The Morgan fingerprint density at radius 1 is 1.07 bits per heavy atom. The number of ether oxygens (including phenoxy) is 1. The van der Waals surface area contributed by atoms with E-state index in [1.54, 1.807) is 11.3 Å². The van der Waals surface area contributed by atoms with E-state index in [1.165, 1.54) is 15.6 Å². The average molecular weight is 403 g/mol. The minimum atomic E-state index is 0.153. The maximum absolute atomic E-state index is 5.78. The van der Waals surface area contributed by atoms with E-state index in [0.29, 0.717) is 19.2 Å². The van der Waals surface area contributed by atoms with E-state index >= 15 is 0 Å². The quantitative estimate of drug-likeness (QED) is 0.478. The van der Waals surface area contributed by atoms with Crippen LogP contribution in [0.4, 0.5) is 17.5 Å². The van der Waals surface area contributed by atoms with Gasteiger partial charge in [-0.1, -0.05) is 48.5 Å². The highest BCUT2D eigenvalue weighted by molar-refractivity contribution is 7.17. The highest BCUT2D eigenvalue weighted by atomic mass is 32.1. The third-order valence-corrected chi connectivity index (χ3v) is 6.31. The Hall–Kier alpha value is -2.96. The molecule has 0 saturated carbocycles. The number of nitrogens with zero attached hydrogens (tertiary/aromatic N) is 4. The van der Waals surface area contributed by atoms with Crippen LogP contribution in [0, 0.1) is 0 Å². The molecular weight excluding hydrogens is 380 g/mol. The Balaban J connectivity index is 1.49. The lowest BCUT2D eigenvalue weighted by molar-refractivity contribution is 0.0937. The van der Waals surface area contributed by atoms with Crippen molar-refractivity contribution in [2.45, 2.75) is 6.04 Å². The van der Waals surface area contributed by atoms with Crippen molar-refractivity contribution in [2.24, 2.45) is 0 Å². The van der Waals surface area contributed by atoms with Crippen molar-refractivity contribution in [3.63, 3.8) is 0 Å². The molecule has 1 aliphatic rings. The van der Waals surface area contributed by atoms with Gasteiger partial charge in [-0.3, -0.25) is 0 Å². The zero-order valence-electron chi connectivity index (χ0n) is 16.2. The fourth-order valence-corrected chi connectivity index (χ4v) is 4.80. The molecule has 1 saturated heterocycles. The zero-order valence-corrected chi connectivity index (χ0v) is 17.0. The number of thiophene rings is 1. The minimum absolute atomic E-state index is 0.153. The number of anilines is 3. The van der Waals surface area contributed by atoms with Crippen LogP contribution in [0.15, 0.2) is 72.2 Å². The highest BCUT2D eigenvalue weighted by Crippen LogP contribution is 2.35. The van der Waals surface area contributed by atoms with Gasteiger partial charge in [-0.25, -0.2) is 4.98 Å². The number of fused-ring (bicyclic) bond motifs is 1. The van der Waals surface area contributed by atoms with Crippen LogP contribution >= 0.6 is 11.3 Å². The van der Waals surface area contributed by atoms with Gasteiger partial charge in [0.05, 0.1) is 24.9 Å². The van der Waals surface area contributed by atoms with Gasteiger partial charge in [0, 0.05) is 35.3 Å². The van der Waals surface area contributed by atoms with E-state index in [-0.39, 0.29) is 6.04 Å². The van der Waals surface area contributed by atoms with Crippen molar-refractivity contribution in [1.82, 2.24) is 9.97 Å². The second-order valence-corrected chi connectivity index (χ2v) is 8.00. The predicted molar refractivity (Wildman–Crippen MR) is 119 cm³/mol. The fraction of sp³-hybridized carbons (Fsp3) is 0.217. The summed E-state index contributed by atoms with van der Waals surface area (Å²) in [6.45, 7) is 2.17. The summed E-state index contributed by atoms with van der Waals surface area (Å²) in [4.78, 5) is 13.9. The summed E-state index contributed by atoms with van der Waals surface area (Å²) < 4.78 is 7.05. The first-order valence-corrected chi connectivity index (χ1v) is 10.6. The normalized spacial score (nSPS) is 16.9. The van der Waals surface area contributed by atoms with Crippen LogP contribution in [0.25, 0.3) is 10.1 Å². The number of rotatable bonds is 4. The maximum Gasteiger partial charge on any atom is 0.231 e. The third-order valence-electron chi connectivity index (χ3n) is 5.36. The van der Waals surface area contributed by atoms with E-state index in [4.69, 9.17) is 9.72 Å². The third kappa shape index (κ3) is 3.45. The smallest absolute Gasteiger partial charge is 0.231 e. The van der Waals surface area contributed by atoms with Crippen molar-refractivity contribution in [2.75, 3.05) is 36.6 Å². The van der Waals surface area contributed by atoms with E-state index in [0.717, 1.165) is 18.1 Å². The molecule has 0 N–H and O–H groups in total. The summed E-state index contributed by atoms with van der Waals surface area (Å²) in [6, 6.07) is 21.1. The summed E-state index contributed by atoms with van der Waals surface area (Å²) in [7, 11) is 2.03. The molecule has 5 rings (SSSR count). The topological polar surface area (TPSA) is 41.5 Å². The standard InChI is InChI=1S/C23H22N4OS/c1-26(20-16-29-21-10-6-5-9-18(20)21)23-24-12-11-22(25-23)27-13-14-28-15-19(27)17-7-3-2-4-8-17/h2-12,16,19H,13-15H2,1H3/t19-/m1/s1. The van der Waals surface area contributed by atoms with Crippen molar-refractivity contribution in [3.05, 3.63) is 77.8 Å². The van der Waals surface area contributed by atoms with Crippen molar-refractivity contribution in [1.29, 1.82) is 0 Å². The summed E-state index contributed by atoms with van der Waals surface area (Å²) in [5.41, 5.74) is 2.37. The monoisotopic (exact) mass is 402 g/mol. The number of morpholine rings is 1. The first-order chi connectivity index (χ1) is 14.3. The molecule has 6 heteroatoms. The summed E-state index contributed by atoms with van der Waals surface area (Å²) >= 11 is 1.74. The second-order valence-electron chi connectivity index (χ2n) is 7.09. The van der Waals surface area contributed by atoms with Crippen LogP contribution in [0.2, 0.25) is 0 Å². The van der Waals surface area contributed by atoms with Gasteiger partial charge in [0.25, 0.3) is 0 Å².